The Morgan fingerprint density at radius 3 is 2.69 bits per heavy atom. The zero-order valence-corrected chi connectivity index (χ0v) is 10.8. The van der Waals surface area contributed by atoms with Gasteiger partial charge >= 0.3 is 6.09 Å². The summed E-state index contributed by atoms with van der Waals surface area (Å²) in [7, 11) is 0. The molecule has 0 radical (unpaired) electrons. The number of anilines is 1. The van der Waals surface area contributed by atoms with Crippen molar-refractivity contribution in [2.75, 3.05) is 18.0 Å². The minimum absolute atomic E-state index is 0.0603. The average molecular weight is 307 g/mol. The fourth-order valence-corrected chi connectivity index (χ4v) is 2.86. The van der Waals surface area contributed by atoms with Gasteiger partial charge in [-0.3, -0.25) is 0 Å². The van der Waals surface area contributed by atoms with Gasteiger partial charge in [-0.15, -0.1) is 10.2 Å². The third-order valence-corrected chi connectivity index (χ3v) is 3.90. The van der Waals surface area contributed by atoms with E-state index < -0.39 is 6.09 Å². The van der Waals surface area contributed by atoms with Crippen molar-refractivity contribution in [3.8, 4) is 0 Å². The molecule has 0 aromatic carbocycles. The molecule has 1 aromatic heterocycles. The van der Waals surface area contributed by atoms with Gasteiger partial charge in [-0.1, -0.05) is 11.3 Å². The first-order valence-electron chi connectivity index (χ1n) is 4.88. The van der Waals surface area contributed by atoms with Crippen LogP contribution in [0.3, 0.4) is 0 Å². The minimum Gasteiger partial charge on any atom is -0.465 e. The van der Waals surface area contributed by atoms with Crippen molar-refractivity contribution < 1.29 is 9.90 Å². The largest absolute Gasteiger partial charge is 0.465 e. The van der Waals surface area contributed by atoms with Crippen LogP contribution in [0.2, 0.25) is 0 Å². The first-order valence-corrected chi connectivity index (χ1v) is 6.49. The number of aromatic nitrogens is 2. The second kappa shape index (κ2) is 4.96. The van der Waals surface area contributed by atoms with Gasteiger partial charge in [0, 0.05) is 19.1 Å². The molecular formula is C8H11BrN4O2S. The number of halogens is 1. The molecule has 2 heterocycles. The maximum atomic E-state index is 10.5. The highest BCUT2D eigenvalue weighted by atomic mass is 79.9. The highest BCUT2D eigenvalue weighted by Gasteiger charge is 2.22. The lowest BCUT2D eigenvalue weighted by atomic mass is 10.1. The minimum atomic E-state index is -0.947. The van der Waals surface area contributed by atoms with Gasteiger partial charge in [0.1, 0.15) is 0 Å². The first-order chi connectivity index (χ1) is 7.65. The summed E-state index contributed by atoms with van der Waals surface area (Å²) in [6.45, 7) is 1.62. The number of amides is 1. The van der Waals surface area contributed by atoms with Gasteiger partial charge in [0.05, 0.1) is 0 Å². The molecule has 0 bridgehead atoms. The molecule has 2 N–H and O–H groups in total. The molecule has 0 aliphatic carbocycles. The van der Waals surface area contributed by atoms with Crippen LogP contribution in [0, 0.1) is 0 Å². The molecule has 1 aliphatic rings. The predicted octanol–water partition coefficient (Wildman–Crippen LogP) is 1.54. The van der Waals surface area contributed by atoms with Crippen molar-refractivity contribution in [1.29, 1.82) is 0 Å². The quantitative estimate of drug-likeness (QED) is 0.866. The van der Waals surface area contributed by atoms with Crippen molar-refractivity contribution in [3.05, 3.63) is 3.92 Å². The van der Waals surface area contributed by atoms with Crippen LogP contribution in [0.5, 0.6) is 0 Å². The Hall–Kier alpha value is -0.890. The molecule has 1 saturated heterocycles. The summed E-state index contributed by atoms with van der Waals surface area (Å²) < 4.78 is 0.772. The fourth-order valence-electron chi connectivity index (χ4n) is 1.72. The van der Waals surface area contributed by atoms with E-state index in [4.69, 9.17) is 5.11 Å². The summed E-state index contributed by atoms with van der Waals surface area (Å²) >= 11 is 4.76. The molecule has 0 unspecified atom stereocenters. The second-order valence-corrected chi connectivity index (χ2v) is 5.78. The molecule has 1 fully saturated rings. The zero-order valence-electron chi connectivity index (χ0n) is 8.39. The van der Waals surface area contributed by atoms with Crippen molar-refractivity contribution in [2.24, 2.45) is 0 Å². The third kappa shape index (κ3) is 2.82. The number of carbonyl (C=O) groups is 1. The lowest BCUT2D eigenvalue weighted by Crippen LogP contribution is -2.44. The number of piperidine rings is 1. The molecule has 1 amide bonds. The van der Waals surface area contributed by atoms with Gasteiger partial charge < -0.3 is 15.3 Å². The standard InChI is InChI=1S/C8H11BrN4O2S/c9-6-11-12-7(16-6)13-3-1-5(2-4-13)10-8(14)15/h5,10H,1-4H2,(H,14,15). The Labute approximate surface area is 105 Å². The van der Waals surface area contributed by atoms with Crippen LogP contribution in [0.25, 0.3) is 0 Å². The average Bonchev–Trinajstić information content (AvgIpc) is 2.65. The van der Waals surface area contributed by atoms with Gasteiger partial charge in [-0.2, -0.15) is 0 Å². The second-order valence-electron chi connectivity index (χ2n) is 3.55. The smallest absolute Gasteiger partial charge is 0.404 e. The SMILES string of the molecule is O=C(O)NC1CCN(c2nnc(Br)s2)CC1. The predicted molar refractivity (Wildman–Crippen MR) is 64.0 cm³/mol. The number of nitrogens with one attached hydrogen (secondary N) is 1. The summed E-state index contributed by atoms with van der Waals surface area (Å²) in [6.07, 6.45) is 0.671. The summed E-state index contributed by atoms with van der Waals surface area (Å²) in [5.74, 6) is 0. The van der Waals surface area contributed by atoms with E-state index in [-0.39, 0.29) is 6.04 Å². The lowest BCUT2D eigenvalue weighted by molar-refractivity contribution is 0.187. The van der Waals surface area contributed by atoms with Gasteiger partial charge in [-0.25, -0.2) is 4.79 Å². The Morgan fingerprint density at radius 2 is 2.19 bits per heavy atom. The number of carboxylic acid groups (broad SMARTS) is 1. The molecule has 16 heavy (non-hydrogen) atoms. The number of nitrogens with zero attached hydrogens (tertiary/aromatic N) is 3. The highest BCUT2D eigenvalue weighted by molar-refractivity contribution is 9.11. The molecule has 88 valence electrons. The monoisotopic (exact) mass is 306 g/mol. The Balaban J connectivity index is 1.87. The van der Waals surface area contributed by atoms with Crippen LogP contribution in [0.15, 0.2) is 3.92 Å². The van der Waals surface area contributed by atoms with Gasteiger partial charge in [0.25, 0.3) is 0 Å². The van der Waals surface area contributed by atoms with E-state index in [9.17, 15) is 4.79 Å². The van der Waals surface area contributed by atoms with E-state index >= 15 is 0 Å². The molecule has 6 nitrogen and oxygen atoms in total. The topological polar surface area (TPSA) is 78.4 Å². The summed E-state index contributed by atoms with van der Waals surface area (Å²) in [5, 5.41) is 19.9. The van der Waals surface area contributed by atoms with Crippen LogP contribution < -0.4 is 10.2 Å². The van der Waals surface area contributed by atoms with Gasteiger partial charge in [0.2, 0.25) is 5.13 Å². The molecule has 1 aromatic rings. The maximum Gasteiger partial charge on any atom is 0.404 e. The lowest BCUT2D eigenvalue weighted by Gasteiger charge is -2.31. The number of hydrogen-bond acceptors (Lipinski definition) is 5. The van der Waals surface area contributed by atoms with Crippen molar-refractivity contribution in [2.45, 2.75) is 18.9 Å². The summed E-state index contributed by atoms with van der Waals surface area (Å²) in [4.78, 5) is 12.6. The molecule has 1 aliphatic heterocycles. The van der Waals surface area contributed by atoms with Crippen molar-refractivity contribution in [1.82, 2.24) is 15.5 Å². The molecule has 0 atom stereocenters. The molecule has 0 spiro atoms. The van der Waals surface area contributed by atoms with Gasteiger partial charge in [-0.05, 0) is 28.8 Å². The van der Waals surface area contributed by atoms with E-state index in [1.807, 2.05) is 0 Å². The van der Waals surface area contributed by atoms with Crippen molar-refractivity contribution in [3.63, 3.8) is 0 Å². The van der Waals surface area contributed by atoms with Crippen LogP contribution in [0.4, 0.5) is 9.93 Å². The summed E-state index contributed by atoms with van der Waals surface area (Å²) in [5.41, 5.74) is 0. The van der Waals surface area contributed by atoms with E-state index in [0.29, 0.717) is 0 Å². The van der Waals surface area contributed by atoms with Crippen LogP contribution in [-0.4, -0.2) is 40.5 Å². The van der Waals surface area contributed by atoms with E-state index in [0.717, 1.165) is 35.0 Å². The maximum absolute atomic E-state index is 10.5. The van der Waals surface area contributed by atoms with Crippen molar-refractivity contribution >= 4 is 38.5 Å². The Bertz CT molecular complexity index is 378. The number of hydrogen-bond donors (Lipinski definition) is 2. The van der Waals surface area contributed by atoms with Crippen LogP contribution >= 0.6 is 27.3 Å². The fraction of sp³-hybridized carbons (Fsp3) is 0.625. The Morgan fingerprint density at radius 1 is 1.50 bits per heavy atom. The highest BCUT2D eigenvalue weighted by Crippen LogP contribution is 2.26. The van der Waals surface area contributed by atoms with E-state index in [1.54, 1.807) is 0 Å². The van der Waals surface area contributed by atoms with Crippen LogP contribution in [-0.2, 0) is 0 Å². The van der Waals surface area contributed by atoms with Gasteiger partial charge in [0.15, 0.2) is 3.92 Å². The summed E-state index contributed by atoms with van der Waals surface area (Å²) in [6, 6.07) is 0.0603. The van der Waals surface area contributed by atoms with E-state index in [1.165, 1.54) is 11.3 Å². The van der Waals surface area contributed by atoms with Crippen LogP contribution in [0.1, 0.15) is 12.8 Å². The zero-order chi connectivity index (χ0) is 11.5. The normalized spacial score (nSPS) is 17.4. The molecular weight excluding hydrogens is 296 g/mol. The molecule has 2 rings (SSSR count). The van der Waals surface area contributed by atoms with E-state index in [2.05, 4.69) is 36.3 Å². The third-order valence-electron chi connectivity index (χ3n) is 2.48. The Kier molecular flexibility index (Phi) is 3.59. The molecule has 8 heteroatoms. The molecule has 0 saturated carbocycles. The number of rotatable bonds is 2. The first kappa shape index (κ1) is 11.6.